The van der Waals surface area contributed by atoms with E-state index in [-0.39, 0.29) is 6.10 Å². The van der Waals surface area contributed by atoms with Crippen LogP contribution in [-0.2, 0) is 4.74 Å². The molecule has 1 amide bonds. The monoisotopic (exact) mass is 212 g/mol. The summed E-state index contributed by atoms with van der Waals surface area (Å²) in [5.41, 5.74) is 0.597. The van der Waals surface area contributed by atoms with Crippen molar-refractivity contribution in [2.45, 2.75) is 20.0 Å². The first-order valence-corrected chi connectivity index (χ1v) is 4.60. The van der Waals surface area contributed by atoms with Crippen molar-refractivity contribution in [3.05, 3.63) is 29.3 Å². The highest BCUT2D eigenvalue weighted by atomic mass is 35.5. The van der Waals surface area contributed by atoms with Crippen LogP contribution in [0, 0.1) is 6.07 Å². The van der Waals surface area contributed by atoms with Crippen LogP contribution in [0.25, 0.3) is 0 Å². The van der Waals surface area contributed by atoms with Crippen LogP contribution in [-0.4, -0.2) is 12.2 Å². The highest BCUT2D eigenvalue weighted by molar-refractivity contribution is 6.30. The van der Waals surface area contributed by atoms with Crippen LogP contribution in [0.3, 0.4) is 0 Å². The van der Waals surface area contributed by atoms with Crippen LogP contribution in [0.15, 0.2) is 18.2 Å². The van der Waals surface area contributed by atoms with Gasteiger partial charge in [0.1, 0.15) is 0 Å². The third-order valence-electron chi connectivity index (χ3n) is 1.36. The first-order valence-electron chi connectivity index (χ1n) is 4.23. The Morgan fingerprint density at radius 3 is 2.93 bits per heavy atom. The largest absolute Gasteiger partial charge is 0.447 e. The molecule has 1 aromatic carbocycles. The van der Waals surface area contributed by atoms with Crippen molar-refractivity contribution in [3.8, 4) is 0 Å². The van der Waals surface area contributed by atoms with Gasteiger partial charge in [-0.1, -0.05) is 17.7 Å². The molecule has 0 aliphatic carbocycles. The summed E-state index contributed by atoms with van der Waals surface area (Å²) < 4.78 is 4.89. The average molecular weight is 213 g/mol. The van der Waals surface area contributed by atoms with Crippen LogP contribution in [0.4, 0.5) is 10.5 Å². The summed E-state index contributed by atoms with van der Waals surface area (Å²) in [6, 6.07) is 7.68. The van der Waals surface area contributed by atoms with Crippen molar-refractivity contribution in [2.24, 2.45) is 0 Å². The van der Waals surface area contributed by atoms with E-state index in [0.29, 0.717) is 10.7 Å². The minimum absolute atomic E-state index is 0.138. The molecule has 0 aliphatic rings. The van der Waals surface area contributed by atoms with Gasteiger partial charge < -0.3 is 4.74 Å². The predicted molar refractivity (Wildman–Crippen MR) is 55.5 cm³/mol. The van der Waals surface area contributed by atoms with Crippen LogP contribution in [0.1, 0.15) is 13.8 Å². The quantitative estimate of drug-likeness (QED) is 0.818. The molecular weight excluding hydrogens is 202 g/mol. The topological polar surface area (TPSA) is 38.3 Å². The summed E-state index contributed by atoms with van der Waals surface area (Å²) >= 11 is 5.69. The van der Waals surface area contributed by atoms with Crippen LogP contribution in [0.2, 0.25) is 5.02 Å². The number of amides is 1. The molecule has 0 saturated heterocycles. The Labute approximate surface area is 88.0 Å². The fourth-order valence-corrected chi connectivity index (χ4v) is 1.06. The van der Waals surface area contributed by atoms with E-state index in [4.69, 9.17) is 16.3 Å². The van der Waals surface area contributed by atoms with E-state index < -0.39 is 6.09 Å². The summed E-state index contributed by atoms with van der Waals surface area (Å²) in [4.78, 5) is 11.1. The number of anilines is 1. The predicted octanol–water partition coefficient (Wildman–Crippen LogP) is 3.10. The molecule has 0 aliphatic heterocycles. The highest BCUT2D eigenvalue weighted by Gasteiger charge is 2.04. The zero-order chi connectivity index (χ0) is 10.6. The number of carbonyl (C=O) groups excluding carboxylic acids is 1. The molecule has 4 heteroatoms. The number of hydrogen-bond acceptors (Lipinski definition) is 2. The number of ether oxygens (including phenoxy) is 1. The van der Waals surface area contributed by atoms with E-state index in [1.807, 2.05) is 0 Å². The molecule has 1 rings (SSSR count). The van der Waals surface area contributed by atoms with Gasteiger partial charge in [0.2, 0.25) is 0 Å². The molecule has 3 nitrogen and oxygen atoms in total. The molecule has 0 saturated carbocycles. The van der Waals surface area contributed by atoms with E-state index >= 15 is 0 Å². The van der Waals surface area contributed by atoms with Gasteiger partial charge in [-0.15, -0.1) is 0 Å². The minimum Gasteiger partial charge on any atom is -0.447 e. The van der Waals surface area contributed by atoms with Crippen LogP contribution >= 0.6 is 11.6 Å². The van der Waals surface area contributed by atoms with Gasteiger partial charge in [0.15, 0.2) is 0 Å². The summed E-state index contributed by atoms with van der Waals surface area (Å²) in [6.07, 6.45) is -0.622. The zero-order valence-electron chi connectivity index (χ0n) is 8.00. The van der Waals surface area contributed by atoms with Gasteiger partial charge in [0, 0.05) is 11.8 Å². The summed E-state index contributed by atoms with van der Waals surface area (Å²) in [5, 5.41) is 3.00. The Bertz CT molecular complexity index is 326. The van der Waals surface area contributed by atoms with Gasteiger partial charge in [-0.3, -0.25) is 5.32 Å². The number of hydrogen-bond donors (Lipinski definition) is 1. The second-order valence-electron chi connectivity index (χ2n) is 3.00. The fourth-order valence-electron chi connectivity index (χ4n) is 0.877. The first kappa shape index (κ1) is 10.9. The molecular formula is C10H11ClNO2. The second-order valence-corrected chi connectivity index (χ2v) is 3.41. The molecule has 0 aromatic heterocycles. The smallest absolute Gasteiger partial charge is 0.411 e. The molecule has 0 bridgehead atoms. The van der Waals surface area contributed by atoms with Crippen molar-refractivity contribution in [1.29, 1.82) is 0 Å². The summed E-state index contributed by atoms with van der Waals surface area (Å²) in [5.74, 6) is 0. The third kappa shape index (κ3) is 3.66. The van der Waals surface area contributed by atoms with Gasteiger partial charge in [-0.25, -0.2) is 4.79 Å². The molecule has 1 radical (unpaired) electrons. The molecule has 75 valence electrons. The standard InChI is InChI=1S/C10H11ClNO2/c1-7(2)14-10(13)12-9-5-3-4-8(11)6-9/h3,5-7H,1-2H3,(H,12,13). The lowest BCUT2D eigenvalue weighted by Gasteiger charge is -2.09. The Balaban J connectivity index is 2.56. The third-order valence-corrected chi connectivity index (χ3v) is 1.57. The number of rotatable bonds is 2. The van der Waals surface area contributed by atoms with Gasteiger partial charge >= 0.3 is 6.09 Å². The Hall–Kier alpha value is -1.22. The zero-order valence-corrected chi connectivity index (χ0v) is 8.76. The fraction of sp³-hybridized carbons (Fsp3) is 0.300. The second kappa shape index (κ2) is 4.86. The van der Waals surface area contributed by atoms with Gasteiger partial charge in [-0.05, 0) is 26.0 Å². The van der Waals surface area contributed by atoms with Crippen molar-refractivity contribution in [1.82, 2.24) is 0 Å². The highest BCUT2D eigenvalue weighted by Crippen LogP contribution is 2.14. The molecule has 0 atom stereocenters. The SMILES string of the molecule is CC(C)OC(=O)Nc1cc[c]c(Cl)c1. The maximum atomic E-state index is 11.1. The van der Waals surface area contributed by atoms with E-state index in [0.717, 1.165) is 0 Å². The van der Waals surface area contributed by atoms with Crippen molar-refractivity contribution in [3.63, 3.8) is 0 Å². The molecule has 0 spiro atoms. The number of halogens is 1. The number of nitrogens with one attached hydrogen (secondary N) is 1. The molecule has 14 heavy (non-hydrogen) atoms. The lowest BCUT2D eigenvalue weighted by Crippen LogP contribution is -2.17. The van der Waals surface area contributed by atoms with Gasteiger partial charge in [-0.2, -0.15) is 0 Å². The molecule has 0 fully saturated rings. The van der Waals surface area contributed by atoms with Crippen LogP contribution in [0.5, 0.6) is 0 Å². The van der Waals surface area contributed by atoms with Crippen molar-refractivity contribution in [2.75, 3.05) is 5.32 Å². The molecule has 0 heterocycles. The maximum Gasteiger partial charge on any atom is 0.411 e. The molecule has 0 unspecified atom stereocenters. The summed E-state index contributed by atoms with van der Waals surface area (Å²) in [6.45, 7) is 3.57. The van der Waals surface area contributed by atoms with E-state index in [2.05, 4.69) is 11.4 Å². The molecule has 1 aromatic rings. The minimum atomic E-state index is -0.484. The lowest BCUT2D eigenvalue weighted by atomic mass is 10.3. The molecule has 1 N–H and O–H groups in total. The average Bonchev–Trinajstić information content (AvgIpc) is 2.01. The number of benzene rings is 1. The Kier molecular flexibility index (Phi) is 3.77. The van der Waals surface area contributed by atoms with Crippen molar-refractivity contribution >= 4 is 23.4 Å². The van der Waals surface area contributed by atoms with Crippen molar-refractivity contribution < 1.29 is 9.53 Å². The normalized spacial score (nSPS) is 10.0. The van der Waals surface area contributed by atoms with E-state index in [1.165, 1.54) is 0 Å². The van der Waals surface area contributed by atoms with Gasteiger partial charge in [0.05, 0.1) is 11.1 Å². The Morgan fingerprint density at radius 1 is 1.64 bits per heavy atom. The van der Waals surface area contributed by atoms with Crippen LogP contribution < -0.4 is 5.32 Å². The lowest BCUT2D eigenvalue weighted by molar-refractivity contribution is 0.130. The Morgan fingerprint density at radius 2 is 2.36 bits per heavy atom. The van der Waals surface area contributed by atoms with Gasteiger partial charge in [0.25, 0.3) is 0 Å². The number of carbonyl (C=O) groups is 1. The van der Waals surface area contributed by atoms with E-state index in [9.17, 15) is 4.79 Å². The first-order chi connectivity index (χ1) is 6.58. The summed E-state index contributed by atoms with van der Waals surface area (Å²) in [7, 11) is 0. The maximum absolute atomic E-state index is 11.1. The van der Waals surface area contributed by atoms with E-state index in [1.54, 1.807) is 32.0 Å².